The maximum absolute atomic E-state index is 13.2. The second-order valence-electron chi connectivity index (χ2n) is 13.2. The van der Waals surface area contributed by atoms with Gasteiger partial charge in [-0.3, -0.25) is 0 Å². The van der Waals surface area contributed by atoms with E-state index in [2.05, 4.69) is 34.6 Å². The van der Waals surface area contributed by atoms with Crippen molar-refractivity contribution in [2.75, 3.05) is 11.5 Å². The minimum atomic E-state index is -3.66. The molecule has 7 heteroatoms. The van der Waals surface area contributed by atoms with Gasteiger partial charge >= 0.3 is 0 Å². The van der Waals surface area contributed by atoms with Crippen LogP contribution >= 0.6 is 0 Å². The maximum Gasteiger partial charge on any atom is 0.206 e. The third-order valence-electron chi connectivity index (χ3n) is 7.27. The molecule has 0 aliphatic carbocycles. The molecule has 0 fully saturated rings. The lowest BCUT2D eigenvalue weighted by Crippen LogP contribution is -2.24. The van der Waals surface area contributed by atoms with Gasteiger partial charge in [0.1, 0.15) is 22.8 Å². The number of anilines is 2. The molecule has 4 aromatic rings. The molecule has 0 aromatic heterocycles. The summed E-state index contributed by atoms with van der Waals surface area (Å²) in [6, 6.07) is 25.0. The van der Waals surface area contributed by atoms with Gasteiger partial charge < -0.3 is 20.9 Å². The van der Waals surface area contributed by atoms with Crippen LogP contribution in [0.3, 0.4) is 0 Å². The Labute approximate surface area is 250 Å². The summed E-state index contributed by atoms with van der Waals surface area (Å²) >= 11 is 0. The summed E-state index contributed by atoms with van der Waals surface area (Å²) in [4.78, 5) is 0.450. The molecule has 4 aromatic carbocycles. The van der Waals surface area contributed by atoms with Crippen molar-refractivity contribution in [2.24, 2.45) is 0 Å². The van der Waals surface area contributed by atoms with E-state index < -0.39 is 9.84 Å². The largest absolute Gasteiger partial charge is 0.486 e. The van der Waals surface area contributed by atoms with Crippen LogP contribution in [0.4, 0.5) is 11.4 Å². The minimum absolute atomic E-state index is 0.0575. The monoisotopic (exact) mass is 586 g/mol. The van der Waals surface area contributed by atoms with Crippen molar-refractivity contribution in [3.8, 4) is 17.2 Å². The van der Waals surface area contributed by atoms with Crippen molar-refractivity contribution in [1.29, 1.82) is 0 Å². The first-order valence-corrected chi connectivity index (χ1v) is 15.5. The number of hydrogen-bond donors (Lipinski definition) is 2. The predicted octanol–water partition coefficient (Wildman–Crippen LogP) is 8.28. The fourth-order valence-corrected chi connectivity index (χ4v) is 5.90. The molecule has 222 valence electrons. The lowest BCUT2D eigenvalue weighted by atomic mass is 9.78. The first kappa shape index (κ1) is 31.0. The van der Waals surface area contributed by atoms with Gasteiger partial charge in [0.15, 0.2) is 0 Å². The van der Waals surface area contributed by atoms with E-state index in [0.717, 1.165) is 16.7 Å². The van der Waals surface area contributed by atoms with E-state index in [1.165, 1.54) is 0 Å². The van der Waals surface area contributed by atoms with Gasteiger partial charge in [0.05, 0.1) is 21.2 Å². The van der Waals surface area contributed by atoms with Crippen molar-refractivity contribution in [3.05, 3.63) is 102 Å². The molecule has 0 amide bonds. The number of hydrogen-bond acceptors (Lipinski definition) is 6. The molecule has 0 aliphatic heterocycles. The highest BCUT2D eigenvalue weighted by molar-refractivity contribution is 7.91. The first-order valence-electron chi connectivity index (χ1n) is 14.0. The molecule has 4 rings (SSSR count). The van der Waals surface area contributed by atoms with Crippen molar-refractivity contribution in [2.45, 2.75) is 81.6 Å². The summed E-state index contributed by atoms with van der Waals surface area (Å²) in [5, 5.41) is 0. The van der Waals surface area contributed by atoms with Crippen molar-refractivity contribution in [1.82, 2.24) is 0 Å². The molecule has 0 unspecified atom stereocenters. The third kappa shape index (κ3) is 6.73. The van der Waals surface area contributed by atoms with E-state index in [1.54, 1.807) is 36.4 Å². The van der Waals surface area contributed by atoms with Crippen molar-refractivity contribution in [3.63, 3.8) is 0 Å². The average molecular weight is 587 g/mol. The van der Waals surface area contributed by atoms with Gasteiger partial charge in [-0.15, -0.1) is 0 Å². The summed E-state index contributed by atoms with van der Waals surface area (Å²) in [5.41, 5.74) is 16.1. The predicted molar refractivity (Wildman–Crippen MR) is 171 cm³/mol. The summed E-state index contributed by atoms with van der Waals surface area (Å²) in [5.74, 6) is 1.62. The van der Waals surface area contributed by atoms with E-state index >= 15 is 0 Å². The van der Waals surface area contributed by atoms with Crippen LogP contribution in [0.15, 0.2) is 94.7 Å². The van der Waals surface area contributed by atoms with Crippen LogP contribution in [0.25, 0.3) is 0 Å². The number of ether oxygens (including phenoxy) is 2. The van der Waals surface area contributed by atoms with Gasteiger partial charge in [-0.1, -0.05) is 58.9 Å². The number of sulfone groups is 1. The molecule has 0 heterocycles. The van der Waals surface area contributed by atoms with E-state index in [4.69, 9.17) is 20.9 Å². The summed E-state index contributed by atoms with van der Waals surface area (Å²) < 4.78 is 38.4. The Morgan fingerprint density at radius 3 is 1.43 bits per heavy atom. The SMILES string of the molecule is CC(C)(C)Oc1ccc(C(C)(C)c2ccc(Oc3ccc(S(=O)(=O)c4ccc(C(C)(C)C)cc4)cc3)c(N)c2)cc1N. The highest BCUT2D eigenvalue weighted by Crippen LogP contribution is 2.39. The molecule has 4 N–H and O–H groups in total. The minimum Gasteiger partial charge on any atom is -0.486 e. The topological polar surface area (TPSA) is 105 Å². The van der Waals surface area contributed by atoms with Crippen LogP contribution in [0, 0.1) is 0 Å². The number of benzene rings is 4. The quantitative estimate of drug-likeness (QED) is 0.211. The van der Waals surface area contributed by atoms with Crippen molar-refractivity contribution < 1.29 is 17.9 Å². The molecule has 0 bridgehead atoms. The smallest absolute Gasteiger partial charge is 0.206 e. The van der Waals surface area contributed by atoms with E-state index in [9.17, 15) is 8.42 Å². The zero-order valence-electron chi connectivity index (χ0n) is 25.8. The zero-order chi connectivity index (χ0) is 31.1. The number of nitrogens with two attached hydrogens (primary N) is 2. The first-order chi connectivity index (χ1) is 19.4. The fourth-order valence-electron chi connectivity index (χ4n) is 4.64. The molecule has 0 aliphatic rings. The molecule has 6 nitrogen and oxygen atoms in total. The molecule has 0 atom stereocenters. The molecule has 0 spiro atoms. The molecular weight excluding hydrogens is 544 g/mol. The van der Waals surface area contributed by atoms with Crippen LogP contribution in [-0.4, -0.2) is 14.0 Å². The fraction of sp³-hybridized carbons (Fsp3) is 0.314. The van der Waals surface area contributed by atoms with Gasteiger partial charge in [-0.25, -0.2) is 8.42 Å². The van der Waals surface area contributed by atoms with Crippen LogP contribution in [0.5, 0.6) is 17.2 Å². The van der Waals surface area contributed by atoms with Gasteiger partial charge in [-0.05, 0) is 104 Å². The molecule has 42 heavy (non-hydrogen) atoms. The van der Waals surface area contributed by atoms with Crippen LogP contribution in [0.2, 0.25) is 0 Å². The third-order valence-corrected chi connectivity index (χ3v) is 9.06. The molecule has 0 radical (unpaired) electrons. The Bertz CT molecular complexity index is 1680. The van der Waals surface area contributed by atoms with Crippen LogP contribution in [0.1, 0.15) is 72.1 Å². The summed E-state index contributed by atoms with van der Waals surface area (Å²) in [6.45, 7) is 16.5. The van der Waals surface area contributed by atoms with Gasteiger partial charge in [0, 0.05) is 5.41 Å². The molecule has 0 saturated heterocycles. The van der Waals surface area contributed by atoms with Gasteiger partial charge in [0.25, 0.3) is 0 Å². The van der Waals surface area contributed by atoms with Crippen molar-refractivity contribution >= 4 is 21.2 Å². The molecule has 0 saturated carbocycles. The average Bonchev–Trinajstić information content (AvgIpc) is 2.90. The maximum atomic E-state index is 13.2. The lowest BCUT2D eigenvalue weighted by Gasteiger charge is -2.28. The Balaban J connectivity index is 1.51. The van der Waals surface area contributed by atoms with E-state index in [-0.39, 0.29) is 26.2 Å². The van der Waals surface area contributed by atoms with Gasteiger partial charge in [-0.2, -0.15) is 0 Å². The summed E-state index contributed by atoms with van der Waals surface area (Å²) in [7, 11) is -3.66. The Kier molecular flexibility index (Phi) is 8.13. The Morgan fingerprint density at radius 1 is 0.571 bits per heavy atom. The number of nitrogen functional groups attached to an aromatic ring is 2. The van der Waals surface area contributed by atoms with Crippen LogP contribution in [-0.2, 0) is 20.7 Å². The van der Waals surface area contributed by atoms with E-state index in [1.807, 2.05) is 69.3 Å². The highest BCUT2D eigenvalue weighted by atomic mass is 32.2. The number of rotatable bonds is 7. The van der Waals surface area contributed by atoms with E-state index in [0.29, 0.717) is 28.6 Å². The Hall–Kier alpha value is -3.97. The standard InChI is InChI=1S/C35H42N2O4S/c1-33(2,3)23-9-15-27(16-10-23)42(38,39)28-17-13-26(14-18-28)40-31-19-11-24(21-29(31)36)35(7,8)25-12-20-32(30(37)22-25)41-34(4,5)6/h9-22H,36-37H2,1-8H3. The second-order valence-corrected chi connectivity index (χ2v) is 15.1. The highest BCUT2D eigenvalue weighted by Gasteiger charge is 2.26. The second kappa shape index (κ2) is 11.0. The lowest BCUT2D eigenvalue weighted by molar-refractivity contribution is 0.132. The van der Waals surface area contributed by atoms with Gasteiger partial charge in [0.2, 0.25) is 9.84 Å². The normalized spacial score (nSPS) is 12.7. The zero-order valence-corrected chi connectivity index (χ0v) is 26.6. The Morgan fingerprint density at radius 2 is 1.00 bits per heavy atom. The molecular formula is C35H42N2O4S. The van der Waals surface area contributed by atoms with Crippen LogP contribution < -0.4 is 20.9 Å². The summed E-state index contributed by atoms with van der Waals surface area (Å²) in [6.07, 6.45) is 0.